The number of nitrogens with one attached hydrogen (secondary N) is 1. The zero-order valence-electron chi connectivity index (χ0n) is 24.0. The number of sulfonamides is 1. The highest BCUT2D eigenvalue weighted by Crippen LogP contribution is 2.37. The monoisotopic (exact) mass is 679 g/mol. The molecule has 3 aromatic rings. The van der Waals surface area contributed by atoms with Gasteiger partial charge in [-0.25, -0.2) is 8.42 Å². The van der Waals surface area contributed by atoms with Gasteiger partial charge in [0.1, 0.15) is 10.3 Å². The number of furan rings is 1. The van der Waals surface area contributed by atoms with Gasteiger partial charge in [0.2, 0.25) is 11.8 Å². The molecule has 3 fully saturated rings. The molecule has 2 atom stereocenters. The van der Waals surface area contributed by atoms with Crippen LogP contribution in [0, 0.1) is 0 Å². The maximum Gasteiger partial charge on any atom is 0.289 e. The number of likely N-dealkylation sites (tertiary alicyclic amines) is 2. The van der Waals surface area contributed by atoms with Crippen LogP contribution in [0.25, 0.3) is 9.75 Å². The van der Waals surface area contributed by atoms with Crippen LogP contribution < -0.4 is 4.72 Å². The molecule has 3 saturated heterocycles. The minimum Gasteiger partial charge on any atom is -0.459 e. The second-order valence-electron chi connectivity index (χ2n) is 11.3. The van der Waals surface area contributed by atoms with Crippen LogP contribution in [0.15, 0.2) is 51.3 Å². The van der Waals surface area contributed by atoms with Crippen LogP contribution in [0.2, 0.25) is 4.34 Å². The Balaban J connectivity index is 1.01. The Morgan fingerprint density at radius 2 is 1.70 bits per heavy atom. The number of hydrogen-bond donors (Lipinski definition) is 1. The molecule has 3 aliphatic rings. The van der Waals surface area contributed by atoms with Crippen LogP contribution in [-0.4, -0.2) is 110 Å². The van der Waals surface area contributed by atoms with E-state index in [2.05, 4.69) is 9.62 Å². The fraction of sp³-hybridized carbons (Fsp3) is 0.483. The van der Waals surface area contributed by atoms with Gasteiger partial charge in [0.25, 0.3) is 15.9 Å². The third-order valence-corrected chi connectivity index (χ3v) is 12.8. The van der Waals surface area contributed by atoms with Crippen LogP contribution in [0.1, 0.15) is 36.2 Å². The molecular weight excluding hydrogens is 646 g/mol. The number of carbonyl (C=O) groups excluding carboxylic acids is 3. The first-order chi connectivity index (χ1) is 21.2. The second kappa shape index (κ2) is 13.3. The van der Waals surface area contributed by atoms with E-state index in [0.29, 0.717) is 68.8 Å². The number of piperazine rings is 1. The molecule has 1 N–H and O–H groups in total. The third kappa shape index (κ3) is 6.90. The van der Waals surface area contributed by atoms with E-state index < -0.39 is 16.1 Å². The van der Waals surface area contributed by atoms with Crippen molar-refractivity contribution in [1.29, 1.82) is 0 Å². The smallest absolute Gasteiger partial charge is 0.289 e. The van der Waals surface area contributed by atoms with Crippen molar-refractivity contribution in [2.24, 2.45) is 0 Å². The fourth-order valence-corrected chi connectivity index (χ4v) is 9.77. The summed E-state index contributed by atoms with van der Waals surface area (Å²) in [5, 5.41) is 0. The normalized spacial score (nSPS) is 21.8. The van der Waals surface area contributed by atoms with Gasteiger partial charge in [0, 0.05) is 61.6 Å². The van der Waals surface area contributed by atoms with Gasteiger partial charge in [0.15, 0.2) is 5.76 Å². The van der Waals surface area contributed by atoms with Crippen molar-refractivity contribution in [1.82, 2.24) is 24.3 Å². The van der Waals surface area contributed by atoms with E-state index in [1.165, 1.54) is 28.6 Å². The molecule has 3 aliphatic heterocycles. The lowest BCUT2D eigenvalue weighted by molar-refractivity contribution is -0.143. The Morgan fingerprint density at radius 1 is 0.955 bits per heavy atom. The summed E-state index contributed by atoms with van der Waals surface area (Å²) in [6, 6.07) is 9.38. The standard InChI is InChI=1S/C29H34ClN5O6S3/c30-25-9-7-23(42-25)24-8-10-27(43-24)44(39,40)31-21-5-2-11-34(28(21)37)19-26(36)35-12-1-4-20(35)18-32-13-15-33(16-14-32)29(38)22-6-3-17-41-22/h3,6-10,17,20-21,31H,1-2,4-5,11-16,18-19H2/t20-,21-/m0/s1. The molecule has 0 saturated carbocycles. The van der Waals surface area contributed by atoms with Crippen molar-refractivity contribution >= 4 is 62.0 Å². The molecule has 0 bridgehead atoms. The van der Waals surface area contributed by atoms with E-state index in [1.807, 2.05) is 11.0 Å². The highest BCUT2D eigenvalue weighted by molar-refractivity contribution is 7.91. The van der Waals surface area contributed by atoms with Crippen LogP contribution >= 0.6 is 34.3 Å². The largest absolute Gasteiger partial charge is 0.459 e. The molecule has 0 spiro atoms. The van der Waals surface area contributed by atoms with Crippen LogP contribution in [0.3, 0.4) is 0 Å². The molecule has 0 radical (unpaired) electrons. The summed E-state index contributed by atoms with van der Waals surface area (Å²) in [6.45, 7) is 4.30. The number of amides is 3. The van der Waals surface area contributed by atoms with Crippen molar-refractivity contribution in [3.05, 3.63) is 52.8 Å². The summed E-state index contributed by atoms with van der Waals surface area (Å²) in [5.74, 6) is -0.256. The lowest BCUT2D eigenvalue weighted by atomic mass is 10.1. The van der Waals surface area contributed by atoms with Crippen molar-refractivity contribution in [2.75, 3.05) is 52.4 Å². The highest BCUT2D eigenvalue weighted by Gasteiger charge is 2.37. The van der Waals surface area contributed by atoms with Gasteiger partial charge in [0.05, 0.1) is 17.1 Å². The van der Waals surface area contributed by atoms with Crippen LogP contribution in [-0.2, 0) is 19.6 Å². The first-order valence-electron chi connectivity index (χ1n) is 14.7. The molecule has 11 nitrogen and oxygen atoms in total. The Hall–Kier alpha value is -2.75. The Labute approximate surface area is 269 Å². The molecule has 3 amide bonds. The number of halogens is 1. The number of hydrogen-bond acceptors (Lipinski definition) is 9. The minimum absolute atomic E-state index is 0.0373. The SMILES string of the molecule is O=C(c1ccco1)N1CCN(C[C@@H]2CCCN2C(=O)CN2CCC[C@H](NS(=O)(=O)c3ccc(-c4ccc(Cl)s4)s3)C2=O)CC1. The van der Waals surface area contributed by atoms with E-state index >= 15 is 0 Å². The minimum atomic E-state index is -3.93. The summed E-state index contributed by atoms with van der Waals surface area (Å²) in [6.07, 6.45) is 4.25. The molecule has 0 aromatic carbocycles. The van der Waals surface area contributed by atoms with Crippen LogP contribution in [0.5, 0.6) is 0 Å². The first-order valence-corrected chi connectivity index (χ1v) is 18.2. The van der Waals surface area contributed by atoms with Gasteiger partial charge in [-0.15, -0.1) is 22.7 Å². The average Bonchev–Trinajstić information content (AvgIpc) is 3.83. The summed E-state index contributed by atoms with van der Waals surface area (Å²) in [5.41, 5.74) is 0. The Bertz CT molecular complexity index is 1600. The topological polar surface area (TPSA) is 123 Å². The molecule has 6 heterocycles. The van der Waals surface area contributed by atoms with Gasteiger partial charge in [-0.2, -0.15) is 4.72 Å². The van der Waals surface area contributed by atoms with Crippen LogP contribution in [0.4, 0.5) is 0 Å². The zero-order valence-corrected chi connectivity index (χ0v) is 27.2. The molecule has 236 valence electrons. The van der Waals surface area contributed by atoms with E-state index in [0.717, 1.165) is 33.9 Å². The summed E-state index contributed by atoms with van der Waals surface area (Å²) >= 11 is 8.53. The molecule has 0 aliphatic carbocycles. The summed E-state index contributed by atoms with van der Waals surface area (Å²) < 4.78 is 35.0. The van der Waals surface area contributed by atoms with Crippen molar-refractivity contribution < 1.29 is 27.2 Å². The van der Waals surface area contributed by atoms with E-state index in [-0.39, 0.29) is 34.5 Å². The fourth-order valence-electron chi connectivity index (χ4n) is 6.09. The molecule has 3 aromatic heterocycles. The van der Waals surface area contributed by atoms with Crippen molar-refractivity contribution in [3.8, 4) is 9.75 Å². The number of nitrogens with zero attached hydrogens (tertiary/aromatic N) is 4. The Kier molecular flexibility index (Phi) is 9.45. The van der Waals surface area contributed by atoms with Gasteiger partial charge in [-0.1, -0.05) is 11.6 Å². The maximum atomic E-state index is 13.4. The average molecular weight is 680 g/mol. The van der Waals surface area contributed by atoms with Crippen molar-refractivity contribution in [3.63, 3.8) is 0 Å². The van der Waals surface area contributed by atoms with Gasteiger partial charge >= 0.3 is 0 Å². The van der Waals surface area contributed by atoms with E-state index in [1.54, 1.807) is 29.2 Å². The Morgan fingerprint density at radius 3 is 2.43 bits per heavy atom. The molecule has 6 rings (SSSR count). The lowest BCUT2D eigenvalue weighted by Gasteiger charge is -2.38. The summed E-state index contributed by atoms with van der Waals surface area (Å²) in [4.78, 5) is 48.5. The van der Waals surface area contributed by atoms with E-state index in [9.17, 15) is 22.8 Å². The number of piperidine rings is 1. The number of carbonyl (C=O) groups is 3. The molecule has 0 unspecified atom stereocenters. The van der Waals surface area contributed by atoms with E-state index in [4.69, 9.17) is 16.0 Å². The first kappa shape index (κ1) is 31.2. The predicted molar refractivity (Wildman–Crippen MR) is 168 cm³/mol. The second-order valence-corrected chi connectivity index (χ2v) is 16.0. The third-order valence-electron chi connectivity index (χ3n) is 8.37. The number of rotatable bonds is 9. The molecular formula is C29H34ClN5O6S3. The van der Waals surface area contributed by atoms with Gasteiger partial charge in [-0.3, -0.25) is 19.3 Å². The lowest BCUT2D eigenvalue weighted by Crippen LogP contribution is -2.56. The number of thiophene rings is 2. The van der Waals surface area contributed by atoms with Crippen molar-refractivity contribution in [2.45, 2.75) is 42.0 Å². The zero-order chi connectivity index (χ0) is 30.8. The highest BCUT2D eigenvalue weighted by atomic mass is 35.5. The van der Waals surface area contributed by atoms with Gasteiger partial charge < -0.3 is 19.1 Å². The maximum absolute atomic E-state index is 13.4. The molecule has 44 heavy (non-hydrogen) atoms. The molecule has 15 heteroatoms. The van der Waals surface area contributed by atoms with Gasteiger partial charge in [-0.05, 0) is 62.1 Å². The summed E-state index contributed by atoms with van der Waals surface area (Å²) in [7, 11) is -3.93. The quantitative estimate of drug-likeness (QED) is 0.368. The predicted octanol–water partition coefficient (Wildman–Crippen LogP) is 3.44.